The number of hydrogen-bond acceptors (Lipinski definition) is 5. The summed E-state index contributed by atoms with van der Waals surface area (Å²) in [5.41, 5.74) is -1.16. The van der Waals surface area contributed by atoms with E-state index in [9.17, 15) is 18.0 Å². The molecule has 1 saturated heterocycles. The molecule has 7 nitrogen and oxygen atoms in total. The molecule has 0 aromatic heterocycles. The maximum atomic E-state index is 12.4. The fourth-order valence-corrected chi connectivity index (χ4v) is 4.30. The van der Waals surface area contributed by atoms with Gasteiger partial charge in [0.15, 0.2) is 0 Å². The van der Waals surface area contributed by atoms with E-state index >= 15 is 0 Å². The van der Waals surface area contributed by atoms with Crippen molar-refractivity contribution >= 4 is 21.8 Å². The third kappa shape index (κ3) is 2.77. The van der Waals surface area contributed by atoms with Crippen LogP contribution in [0.2, 0.25) is 0 Å². The van der Waals surface area contributed by atoms with Gasteiger partial charge in [-0.1, -0.05) is 6.08 Å². The highest BCUT2D eigenvalue weighted by Crippen LogP contribution is 2.45. The Kier molecular flexibility index (Phi) is 3.76. The number of hydrogen-bond donors (Lipinski definition) is 3. The first kappa shape index (κ1) is 15.5. The Morgan fingerprint density at radius 1 is 1.27 bits per heavy atom. The lowest BCUT2D eigenvalue weighted by Gasteiger charge is -2.21. The van der Waals surface area contributed by atoms with Gasteiger partial charge in [-0.15, -0.1) is 6.58 Å². The Labute approximate surface area is 130 Å². The van der Waals surface area contributed by atoms with Crippen molar-refractivity contribution in [3.05, 3.63) is 12.7 Å². The Hall–Kier alpha value is -1.41. The lowest BCUT2D eigenvalue weighted by atomic mass is 10.1. The number of nitrogens with one attached hydrogen (secondary N) is 3. The Bertz CT molecular complexity index is 608. The fourth-order valence-electron chi connectivity index (χ4n) is 2.93. The van der Waals surface area contributed by atoms with Gasteiger partial charge in [0.1, 0.15) is 5.54 Å². The van der Waals surface area contributed by atoms with Crippen molar-refractivity contribution in [3.8, 4) is 0 Å². The van der Waals surface area contributed by atoms with Gasteiger partial charge in [-0.25, -0.2) is 8.42 Å². The van der Waals surface area contributed by atoms with Crippen LogP contribution < -0.4 is 15.4 Å². The highest BCUT2D eigenvalue weighted by Gasteiger charge is 2.61. The molecule has 1 heterocycles. The van der Waals surface area contributed by atoms with Gasteiger partial charge in [0.2, 0.25) is 15.9 Å². The van der Waals surface area contributed by atoms with Crippen LogP contribution in [-0.4, -0.2) is 43.6 Å². The van der Waals surface area contributed by atoms with E-state index in [0.29, 0.717) is 19.3 Å². The first-order valence-corrected chi connectivity index (χ1v) is 9.18. The number of sulfonamides is 1. The lowest BCUT2D eigenvalue weighted by molar-refractivity contribution is -0.130. The van der Waals surface area contributed by atoms with Crippen LogP contribution >= 0.6 is 0 Å². The first-order valence-electron chi connectivity index (χ1n) is 7.63. The van der Waals surface area contributed by atoms with Gasteiger partial charge < -0.3 is 10.6 Å². The number of carbonyl (C=O) groups is 2. The molecular formula is C14H21N3O4S. The van der Waals surface area contributed by atoms with Crippen molar-refractivity contribution < 1.29 is 18.0 Å². The van der Waals surface area contributed by atoms with E-state index in [1.165, 1.54) is 0 Å². The van der Waals surface area contributed by atoms with Crippen LogP contribution in [0.1, 0.15) is 32.1 Å². The minimum Gasteiger partial charge on any atom is -0.340 e. The largest absolute Gasteiger partial charge is 0.340 e. The standard InChI is InChI=1S/C14H21N3O4S/c1-2-9-8-14(9,16-12(18)11-4-3-7-15-11)13(19)17-22(20,21)10-5-6-10/h2,9-11,15H,1,3-8H2,(H,16,18)(H,17,19)/t9-,11+,14-/m1/s1. The van der Waals surface area contributed by atoms with E-state index in [1.54, 1.807) is 6.08 Å². The number of rotatable bonds is 6. The smallest absolute Gasteiger partial charge is 0.259 e. The van der Waals surface area contributed by atoms with Gasteiger partial charge in [0.05, 0.1) is 11.3 Å². The molecule has 0 aromatic carbocycles. The van der Waals surface area contributed by atoms with Crippen LogP contribution in [0.15, 0.2) is 12.7 Å². The second kappa shape index (κ2) is 5.34. The maximum absolute atomic E-state index is 12.4. The van der Waals surface area contributed by atoms with E-state index in [-0.39, 0.29) is 17.9 Å². The molecule has 2 saturated carbocycles. The molecule has 3 N–H and O–H groups in total. The molecule has 22 heavy (non-hydrogen) atoms. The molecule has 0 aromatic rings. The van der Waals surface area contributed by atoms with Crippen molar-refractivity contribution in [1.29, 1.82) is 0 Å². The van der Waals surface area contributed by atoms with E-state index in [1.807, 2.05) is 0 Å². The summed E-state index contributed by atoms with van der Waals surface area (Å²) in [4.78, 5) is 24.7. The summed E-state index contributed by atoms with van der Waals surface area (Å²) in [6.45, 7) is 4.43. The quantitative estimate of drug-likeness (QED) is 0.566. The minimum absolute atomic E-state index is 0.229. The topological polar surface area (TPSA) is 104 Å². The zero-order valence-electron chi connectivity index (χ0n) is 12.3. The summed E-state index contributed by atoms with van der Waals surface area (Å²) in [5.74, 6) is -1.12. The van der Waals surface area contributed by atoms with Gasteiger partial charge in [-0.05, 0) is 38.6 Å². The van der Waals surface area contributed by atoms with E-state index < -0.39 is 26.7 Å². The fraction of sp³-hybridized carbons (Fsp3) is 0.714. The third-order valence-electron chi connectivity index (χ3n) is 4.63. The minimum atomic E-state index is -3.62. The summed E-state index contributed by atoms with van der Waals surface area (Å²) < 4.78 is 26.0. The highest BCUT2D eigenvalue weighted by atomic mass is 32.2. The molecule has 0 unspecified atom stereocenters. The lowest BCUT2D eigenvalue weighted by Crippen LogP contribution is -2.55. The summed E-state index contributed by atoms with van der Waals surface area (Å²) in [5, 5.41) is 5.34. The number of amides is 2. The van der Waals surface area contributed by atoms with Crippen molar-refractivity contribution in [3.63, 3.8) is 0 Å². The molecule has 0 radical (unpaired) electrons. The first-order chi connectivity index (χ1) is 10.4. The zero-order chi connectivity index (χ0) is 16.0. The average Bonchev–Trinajstić information content (AvgIpc) is 3.36. The molecular weight excluding hydrogens is 306 g/mol. The predicted octanol–water partition coefficient (Wildman–Crippen LogP) is -0.592. The van der Waals surface area contributed by atoms with E-state index in [2.05, 4.69) is 21.9 Å². The van der Waals surface area contributed by atoms with Gasteiger partial charge in [0.25, 0.3) is 5.91 Å². The zero-order valence-corrected chi connectivity index (χ0v) is 13.1. The van der Waals surface area contributed by atoms with Crippen molar-refractivity contribution in [2.75, 3.05) is 6.54 Å². The predicted molar refractivity (Wildman–Crippen MR) is 80.3 cm³/mol. The van der Waals surface area contributed by atoms with Crippen LogP contribution in [-0.2, 0) is 19.6 Å². The molecule has 2 amide bonds. The SMILES string of the molecule is C=C[C@@H]1C[C@]1(NC(=O)[C@@H]1CCCN1)C(=O)NS(=O)(=O)C1CC1. The molecule has 1 aliphatic heterocycles. The summed E-state index contributed by atoms with van der Waals surface area (Å²) >= 11 is 0. The van der Waals surface area contributed by atoms with Gasteiger partial charge in [-0.3, -0.25) is 14.3 Å². The van der Waals surface area contributed by atoms with Crippen molar-refractivity contribution in [2.45, 2.75) is 48.9 Å². The van der Waals surface area contributed by atoms with Crippen molar-refractivity contribution in [2.24, 2.45) is 5.92 Å². The molecule has 8 heteroatoms. The Balaban J connectivity index is 1.69. The molecule has 3 atom stereocenters. The summed E-state index contributed by atoms with van der Waals surface area (Å²) in [7, 11) is -3.62. The van der Waals surface area contributed by atoms with Crippen LogP contribution in [0.3, 0.4) is 0 Å². The van der Waals surface area contributed by atoms with Crippen LogP contribution in [0.5, 0.6) is 0 Å². The second-order valence-electron chi connectivity index (χ2n) is 6.33. The Morgan fingerprint density at radius 2 is 2.00 bits per heavy atom. The Morgan fingerprint density at radius 3 is 2.50 bits per heavy atom. The van der Waals surface area contributed by atoms with Gasteiger partial charge >= 0.3 is 0 Å². The maximum Gasteiger partial charge on any atom is 0.259 e. The van der Waals surface area contributed by atoms with Crippen LogP contribution in [0.25, 0.3) is 0 Å². The monoisotopic (exact) mass is 327 g/mol. The summed E-state index contributed by atoms with van der Waals surface area (Å²) in [6.07, 6.45) is 4.78. The molecule has 3 aliphatic rings. The highest BCUT2D eigenvalue weighted by molar-refractivity contribution is 7.90. The van der Waals surface area contributed by atoms with Gasteiger partial charge in [0, 0.05) is 5.92 Å². The molecule has 122 valence electrons. The van der Waals surface area contributed by atoms with Crippen molar-refractivity contribution in [1.82, 2.24) is 15.4 Å². The van der Waals surface area contributed by atoms with Crippen LogP contribution in [0, 0.1) is 5.92 Å². The second-order valence-corrected chi connectivity index (χ2v) is 8.29. The molecule has 3 rings (SSSR count). The van der Waals surface area contributed by atoms with E-state index in [0.717, 1.165) is 19.4 Å². The molecule has 0 bridgehead atoms. The van der Waals surface area contributed by atoms with E-state index in [4.69, 9.17) is 0 Å². The van der Waals surface area contributed by atoms with Gasteiger partial charge in [-0.2, -0.15) is 0 Å². The third-order valence-corrected chi connectivity index (χ3v) is 6.44. The normalized spacial score (nSPS) is 34.0. The van der Waals surface area contributed by atoms with Crippen LogP contribution in [0.4, 0.5) is 0 Å². The molecule has 2 aliphatic carbocycles. The average molecular weight is 327 g/mol. The molecule has 3 fully saturated rings. The number of carbonyl (C=O) groups excluding carboxylic acids is 2. The molecule has 0 spiro atoms. The summed E-state index contributed by atoms with van der Waals surface area (Å²) in [6, 6.07) is -0.309.